The van der Waals surface area contributed by atoms with Crippen LogP contribution in [0.4, 0.5) is 0 Å². The molecule has 1 N–H and O–H groups in total. The lowest BCUT2D eigenvalue weighted by atomic mass is 9.32. The fraction of sp³-hybridized carbons (Fsp3) is 0.806. The summed E-state index contributed by atoms with van der Waals surface area (Å²) in [5, 5.41) is 3.34. The zero-order valence-electron chi connectivity index (χ0n) is 26.4. The molecule has 0 saturated heterocycles. The van der Waals surface area contributed by atoms with E-state index in [9.17, 15) is 4.79 Å². The number of carbonyl (C=O) groups is 1. The molecular weight excluding hydrogens is 494 g/mol. The zero-order valence-corrected chi connectivity index (χ0v) is 26.4. The molecule has 1 aromatic rings. The average molecular weight is 550 g/mol. The topological polar surface area (TPSA) is 51.5 Å². The van der Waals surface area contributed by atoms with Gasteiger partial charge in [0.1, 0.15) is 5.76 Å². The summed E-state index contributed by atoms with van der Waals surface area (Å²) in [6.07, 6.45) is 14.0. The minimum absolute atomic E-state index is 0.213. The molecule has 40 heavy (non-hydrogen) atoms. The predicted octanol–water partition coefficient (Wildman–Crippen LogP) is 8.57. The van der Waals surface area contributed by atoms with Crippen molar-refractivity contribution in [1.82, 2.24) is 5.32 Å². The summed E-state index contributed by atoms with van der Waals surface area (Å²) in [7, 11) is 1.92. The van der Waals surface area contributed by atoms with Crippen LogP contribution >= 0.6 is 0 Å². The summed E-state index contributed by atoms with van der Waals surface area (Å²) in [6.45, 7) is 20.2. The van der Waals surface area contributed by atoms with E-state index in [4.69, 9.17) is 9.15 Å². The van der Waals surface area contributed by atoms with E-state index in [0.29, 0.717) is 47.2 Å². The number of furan rings is 1. The summed E-state index contributed by atoms with van der Waals surface area (Å²) >= 11 is 0. The van der Waals surface area contributed by atoms with Crippen molar-refractivity contribution in [3.05, 3.63) is 36.3 Å². The molecule has 4 heteroatoms. The Kier molecular flexibility index (Phi) is 6.77. The van der Waals surface area contributed by atoms with Gasteiger partial charge in [0.2, 0.25) is 5.91 Å². The normalized spacial score (nSPS) is 47.4. The van der Waals surface area contributed by atoms with Crippen LogP contribution in [-0.2, 0) is 16.1 Å². The smallest absolute Gasteiger partial charge is 0.226 e. The highest BCUT2D eigenvalue weighted by atomic mass is 16.5. The fourth-order valence-corrected chi connectivity index (χ4v) is 12.7. The predicted molar refractivity (Wildman–Crippen MR) is 160 cm³/mol. The van der Waals surface area contributed by atoms with Crippen LogP contribution in [0, 0.1) is 56.7 Å². The van der Waals surface area contributed by atoms with Crippen molar-refractivity contribution < 1.29 is 13.9 Å². The molecule has 1 unspecified atom stereocenters. The van der Waals surface area contributed by atoms with Crippen molar-refractivity contribution >= 4 is 5.91 Å². The van der Waals surface area contributed by atoms with Crippen LogP contribution in [0.25, 0.3) is 0 Å². The second-order valence-corrected chi connectivity index (χ2v) is 16.2. The van der Waals surface area contributed by atoms with Crippen molar-refractivity contribution in [3.63, 3.8) is 0 Å². The molecule has 5 aliphatic carbocycles. The van der Waals surface area contributed by atoms with E-state index >= 15 is 0 Å². The molecule has 0 bridgehead atoms. The van der Waals surface area contributed by atoms with Gasteiger partial charge in [0.05, 0.1) is 24.3 Å². The Morgan fingerprint density at radius 1 is 0.975 bits per heavy atom. The Labute approximate surface area is 243 Å². The van der Waals surface area contributed by atoms with Gasteiger partial charge in [-0.2, -0.15) is 0 Å². The number of nitrogens with one attached hydrogen (secondary N) is 1. The highest BCUT2D eigenvalue weighted by Crippen LogP contribution is 2.77. The lowest BCUT2D eigenvalue weighted by Crippen LogP contribution is -2.67. The van der Waals surface area contributed by atoms with Gasteiger partial charge in [-0.15, -0.1) is 0 Å². The first-order valence-electron chi connectivity index (χ1n) is 16.3. The average Bonchev–Trinajstić information content (AvgIpc) is 3.56. The maximum atomic E-state index is 14.2. The van der Waals surface area contributed by atoms with Crippen LogP contribution in [0.1, 0.15) is 112 Å². The van der Waals surface area contributed by atoms with E-state index in [-0.39, 0.29) is 22.2 Å². The van der Waals surface area contributed by atoms with Gasteiger partial charge in [-0.3, -0.25) is 4.79 Å². The molecule has 0 spiro atoms. The molecule has 0 aromatic carbocycles. The van der Waals surface area contributed by atoms with E-state index in [1.165, 1.54) is 50.5 Å². The molecule has 10 atom stereocenters. The van der Waals surface area contributed by atoms with E-state index in [1.807, 2.05) is 19.2 Å². The SMILES string of the molecule is C=C(C)[C@@H]1CC[C@]2(C(=O)NCc3ccco3)CC[C@]3(C)[C@H](CC[C@@H]4[C@@]5(C)CC[C@H](OC)C(C)(C)[C@@H]5CC[C@]43C)C12. The first-order valence-corrected chi connectivity index (χ1v) is 16.3. The van der Waals surface area contributed by atoms with Gasteiger partial charge in [-0.05, 0) is 135 Å². The number of fused-ring (bicyclic) bond motifs is 7. The number of hydrogen-bond donors (Lipinski definition) is 1. The molecule has 1 amide bonds. The fourth-order valence-electron chi connectivity index (χ4n) is 12.7. The van der Waals surface area contributed by atoms with Crippen LogP contribution in [-0.4, -0.2) is 19.1 Å². The second kappa shape index (κ2) is 9.48. The van der Waals surface area contributed by atoms with Gasteiger partial charge >= 0.3 is 0 Å². The molecule has 5 saturated carbocycles. The molecular formula is C36H55NO3. The Bertz CT molecular complexity index is 1140. The largest absolute Gasteiger partial charge is 0.467 e. The number of methoxy groups -OCH3 is 1. The van der Waals surface area contributed by atoms with Crippen LogP contribution in [0.15, 0.2) is 35.0 Å². The van der Waals surface area contributed by atoms with E-state index in [0.717, 1.165) is 30.9 Å². The highest BCUT2D eigenvalue weighted by Gasteiger charge is 2.71. The maximum absolute atomic E-state index is 14.2. The molecule has 6 rings (SSSR count). The third-order valence-electron chi connectivity index (χ3n) is 14.7. The third-order valence-corrected chi connectivity index (χ3v) is 14.7. The molecule has 5 aliphatic rings. The molecule has 0 aliphatic heterocycles. The Morgan fingerprint density at radius 2 is 1.75 bits per heavy atom. The highest BCUT2D eigenvalue weighted by molar-refractivity contribution is 5.83. The lowest BCUT2D eigenvalue weighted by Gasteiger charge is -2.73. The number of carbonyl (C=O) groups excluding carboxylic acids is 1. The van der Waals surface area contributed by atoms with Gasteiger partial charge in [-0.1, -0.05) is 46.8 Å². The van der Waals surface area contributed by atoms with Crippen LogP contribution in [0.5, 0.6) is 0 Å². The third kappa shape index (κ3) is 3.69. The summed E-state index contributed by atoms with van der Waals surface area (Å²) in [4.78, 5) is 14.2. The number of hydrogen-bond acceptors (Lipinski definition) is 3. The van der Waals surface area contributed by atoms with Gasteiger partial charge in [-0.25, -0.2) is 0 Å². The molecule has 5 fully saturated rings. The minimum Gasteiger partial charge on any atom is -0.467 e. The summed E-state index contributed by atoms with van der Waals surface area (Å²) in [5.74, 6) is 3.96. The van der Waals surface area contributed by atoms with Crippen molar-refractivity contribution in [2.24, 2.45) is 56.7 Å². The van der Waals surface area contributed by atoms with E-state index in [2.05, 4.69) is 53.4 Å². The molecule has 0 radical (unpaired) electrons. The molecule has 1 aromatic heterocycles. The van der Waals surface area contributed by atoms with Gasteiger partial charge in [0.15, 0.2) is 0 Å². The Hall–Kier alpha value is -1.55. The van der Waals surface area contributed by atoms with Gasteiger partial charge in [0.25, 0.3) is 0 Å². The van der Waals surface area contributed by atoms with E-state index in [1.54, 1.807) is 6.26 Å². The lowest BCUT2D eigenvalue weighted by molar-refractivity contribution is -0.248. The molecule has 222 valence electrons. The number of allylic oxidation sites excluding steroid dienone is 1. The van der Waals surface area contributed by atoms with Gasteiger partial charge in [0, 0.05) is 7.11 Å². The quantitative estimate of drug-likeness (QED) is 0.374. The minimum atomic E-state index is -0.275. The zero-order chi connectivity index (χ0) is 28.7. The first-order chi connectivity index (χ1) is 18.8. The Morgan fingerprint density at radius 3 is 2.42 bits per heavy atom. The maximum Gasteiger partial charge on any atom is 0.226 e. The summed E-state index contributed by atoms with van der Waals surface area (Å²) in [6, 6.07) is 3.86. The molecule has 1 heterocycles. The van der Waals surface area contributed by atoms with Gasteiger partial charge < -0.3 is 14.5 Å². The van der Waals surface area contributed by atoms with Crippen LogP contribution in [0.2, 0.25) is 0 Å². The summed E-state index contributed by atoms with van der Waals surface area (Å²) in [5.41, 5.74) is 2.14. The van der Waals surface area contributed by atoms with Crippen molar-refractivity contribution in [1.29, 1.82) is 0 Å². The first kappa shape index (κ1) is 28.6. The summed E-state index contributed by atoms with van der Waals surface area (Å²) < 4.78 is 11.6. The second-order valence-electron chi connectivity index (χ2n) is 16.2. The van der Waals surface area contributed by atoms with Crippen LogP contribution < -0.4 is 5.32 Å². The number of amides is 1. The van der Waals surface area contributed by atoms with E-state index < -0.39 is 0 Å². The van der Waals surface area contributed by atoms with Crippen molar-refractivity contribution in [2.75, 3.05) is 7.11 Å². The standard InChI is InChI=1S/C36H55NO3/c1-23(2)25-13-18-36(31(38)37-22-24-10-9-21-40-24)20-19-34(6)26(30(25)36)11-12-28-33(5)16-15-29(39-8)32(3,4)27(33)14-17-35(28,34)7/h9-10,21,25-30H,1,11-20,22H2,2-8H3,(H,37,38)/t25-,26+,27-,28+,29-,30?,33-,34+,35+,36-/m0/s1. The number of ether oxygens (including phenoxy) is 1. The van der Waals surface area contributed by atoms with Crippen molar-refractivity contribution in [3.8, 4) is 0 Å². The monoisotopic (exact) mass is 549 g/mol. The molecule has 4 nitrogen and oxygen atoms in total. The Balaban J connectivity index is 1.34. The van der Waals surface area contributed by atoms with Crippen molar-refractivity contribution in [2.45, 2.75) is 118 Å². The van der Waals surface area contributed by atoms with Crippen LogP contribution in [0.3, 0.4) is 0 Å². The number of rotatable bonds is 5.